The van der Waals surface area contributed by atoms with Crippen LogP contribution < -0.4 is 5.32 Å². The average molecular weight is 199 g/mol. The largest absolute Gasteiger partial charge is 0.356 e. The third-order valence-electron chi connectivity index (χ3n) is 3.11. The van der Waals surface area contributed by atoms with Gasteiger partial charge in [0, 0.05) is 13.0 Å². The van der Waals surface area contributed by atoms with E-state index in [0.717, 1.165) is 18.2 Å². The Hall–Kier alpha value is -0.180. The Morgan fingerprint density at radius 1 is 1.46 bits per heavy atom. The molecule has 74 valence electrons. The van der Waals surface area contributed by atoms with Crippen molar-refractivity contribution in [3.63, 3.8) is 0 Å². The van der Waals surface area contributed by atoms with Crippen molar-refractivity contribution in [1.82, 2.24) is 5.32 Å². The lowest BCUT2D eigenvalue weighted by atomic mass is 10.1. The molecular formula is C10H17NOS. The number of amides is 1. The van der Waals surface area contributed by atoms with Gasteiger partial charge in [0.25, 0.3) is 0 Å². The van der Waals surface area contributed by atoms with Crippen LogP contribution in [0.25, 0.3) is 0 Å². The fourth-order valence-electron chi connectivity index (χ4n) is 1.55. The highest BCUT2D eigenvalue weighted by Crippen LogP contribution is 2.49. The minimum absolute atomic E-state index is 0.235. The summed E-state index contributed by atoms with van der Waals surface area (Å²) < 4.78 is 0. The first kappa shape index (κ1) is 9.38. The van der Waals surface area contributed by atoms with Gasteiger partial charge < -0.3 is 5.32 Å². The Balaban J connectivity index is 1.65. The highest BCUT2D eigenvalue weighted by Gasteiger charge is 2.42. The molecule has 0 aliphatic heterocycles. The lowest BCUT2D eigenvalue weighted by Crippen LogP contribution is -2.28. The van der Waals surface area contributed by atoms with Crippen molar-refractivity contribution in [3.8, 4) is 0 Å². The average Bonchev–Trinajstić information content (AvgIpc) is 2.98. The van der Waals surface area contributed by atoms with Gasteiger partial charge in [0.2, 0.25) is 5.91 Å². The summed E-state index contributed by atoms with van der Waals surface area (Å²) in [5, 5.41) is 3.00. The van der Waals surface area contributed by atoms with Crippen molar-refractivity contribution >= 4 is 18.5 Å². The molecule has 0 heterocycles. The van der Waals surface area contributed by atoms with Gasteiger partial charge in [-0.1, -0.05) is 0 Å². The second-order valence-electron chi connectivity index (χ2n) is 4.58. The van der Waals surface area contributed by atoms with Gasteiger partial charge in [0.15, 0.2) is 0 Å². The van der Waals surface area contributed by atoms with Crippen molar-refractivity contribution < 1.29 is 4.79 Å². The van der Waals surface area contributed by atoms with Crippen molar-refractivity contribution in [2.75, 3.05) is 12.3 Å². The minimum Gasteiger partial charge on any atom is -0.356 e. The summed E-state index contributed by atoms with van der Waals surface area (Å²) >= 11 is 4.28. The van der Waals surface area contributed by atoms with Gasteiger partial charge in [0.1, 0.15) is 0 Å². The molecule has 0 aromatic carbocycles. The van der Waals surface area contributed by atoms with Crippen molar-refractivity contribution in [2.24, 2.45) is 11.3 Å². The smallest absolute Gasteiger partial charge is 0.220 e. The molecule has 1 N–H and O–H groups in total. The van der Waals surface area contributed by atoms with E-state index in [1.165, 1.54) is 25.7 Å². The molecule has 2 rings (SSSR count). The number of nitrogens with one attached hydrogen (secondary N) is 1. The number of carbonyl (C=O) groups is 1. The van der Waals surface area contributed by atoms with Crippen LogP contribution in [-0.4, -0.2) is 18.2 Å². The summed E-state index contributed by atoms with van der Waals surface area (Å²) in [6.45, 7) is 0.904. The molecule has 0 unspecified atom stereocenters. The van der Waals surface area contributed by atoms with Gasteiger partial charge in [0.05, 0.1) is 0 Å². The van der Waals surface area contributed by atoms with Crippen molar-refractivity contribution in [1.29, 1.82) is 0 Å². The van der Waals surface area contributed by atoms with Crippen LogP contribution in [0.2, 0.25) is 0 Å². The lowest BCUT2D eigenvalue weighted by Gasteiger charge is -2.11. The number of thiol groups is 1. The summed E-state index contributed by atoms with van der Waals surface area (Å²) in [5.41, 5.74) is 0.275. The quantitative estimate of drug-likeness (QED) is 0.647. The molecule has 13 heavy (non-hydrogen) atoms. The van der Waals surface area contributed by atoms with E-state index >= 15 is 0 Å². The van der Waals surface area contributed by atoms with Gasteiger partial charge in [-0.2, -0.15) is 12.6 Å². The maximum atomic E-state index is 11.4. The monoisotopic (exact) mass is 199 g/mol. The Labute approximate surface area is 84.9 Å². The lowest BCUT2D eigenvalue weighted by molar-refractivity contribution is -0.122. The number of carbonyl (C=O) groups excluding carboxylic acids is 1. The van der Waals surface area contributed by atoms with E-state index in [1.807, 2.05) is 0 Å². The van der Waals surface area contributed by atoms with Crippen LogP contribution in [0.15, 0.2) is 0 Å². The second-order valence-corrected chi connectivity index (χ2v) is 4.90. The van der Waals surface area contributed by atoms with Gasteiger partial charge in [-0.3, -0.25) is 4.79 Å². The van der Waals surface area contributed by atoms with E-state index < -0.39 is 0 Å². The van der Waals surface area contributed by atoms with Crippen molar-refractivity contribution in [2.45, 2.75) is 32.1 Å². The number of hydrogen-bond donors (Lipinski definition) is 2. The summed E-state index contributed by atoms with van der Waals surface area (Å²) in [6.07, 6.45) is 5.68. The van der Waals surface area contributed by atoms with E-state index in [1.54, 1.807) is 0 Å². The van der Waals surface area contributed by atoms with E-state index in [2.05, 4.69) is 17.9 Å². The summed E-state index contributed by atoms with van der Waals surface area (Å²) in [6, 6.07) is 0. The predicted molar refractivity (Wildman–Crippen MR) is 55.9 cm³/mol. The minimum atomic E-state index is 0.235. The molecule has 3 heteroatoms. The van der Waals surface area contributed by atoms with Gasteiger partial charge >= 0.3 is 0 Å². The molecule has 2 fully saturated rings. The van der Waals surface area contributed by atoms with E-state index in [9.17, 15) is 4.79 Å². The SMILES string of the molecule is O=C(CC1(CS)CC1)NCC1CC1. The molecular weight excluding hydrogens is 182 g/mol. The summed E-state index contributed by atoms with van der Waals surface area (Å²) in [7, 11) is 0. The van der Waals surface area contributed by atoms with Crippen LogP contribution in [0.3, 0.4) is 0 Å². The molecule has 2 aliphatic rings. The van der Waals surface area contributed by atoms with Crippen LogP contribution in [-0.2, 0) is 4.79 Å². The molecule has 0 spiro atoms. The fraction of sp³-hybridized carbons (Fsp3) is 0.900. The number of rotatable bonds is 5. The van der Waals surface area contributed by atoms with E-state index in [4.69, 9.17) is 0 Å². The Kier molecular flexibility index (Phi) is 2.54. The van der Waals surface area contributed by atoms with Gasteiger partial charge in [-0.05, 0) is 42.8 Å². The summed E-state index contributed by atoms with van der Waals surface area (Å²) in [5.74, 6) is 1.89. The first-order valence-electron chi connectivity index (χ1n) is 5.12. The Morgan fingerprint density at radius 2 is 2.15 bits per heavy atom. The molecule has 2 aliphatic carbocycles. The standard InChI is InChI=1S/C10H17NOS/c12-9(11-6-8-1-2-8)5-10(7-13)3-4-10/h8,13H,1-7H2,(H,11,12). The van der Waals surface area contributed by atoms with Gasteiger partial charge in [-0.15, -0.1) is 0 Å². The van der Waals surface area contributed by atoms with Crippen LogP contribution in [0.5, 0.6) is 0 Å². The Morgan fingerprint density at radius 3 is 2.62 bits per heavy atom. The second kappa shape index (κ2) is 3.52. The molecule has 0 saturated heterocycles. The molecule has 0 aromatic heterocycles. The zero-order chi connectivity index (χ0) is 9.31. The maximum Gasteiger partial charge on any atom is 0.220 e. The normalized spacial score (nSPS) is 24.1. The van der Waals surface area contributed by atoms with Crippen molar-refractivity contribution in [3.05, 3.63) is 0 Å². The van der Waals surface area contributed by atoms with Gasteiger partial charge in [-0.25, -0.2) is 0 Å². The zero-order valence-corrected chi connectivity index (χ0v) is 8.78. The zero-order valence-electron chi connectivity index (χ0n) is 7.88. The fourth-order valence-corrected chi connectivity index (χ4v) is 1.98. The predicted octanol–water partition coefficient (Wildman–Crippen LogP) is 1.61. The molecule has 2 saturated carbocycles. The first-order valence-corrected chi connectivity index (χ1v) is 5.75. The maximum absolute atomic E-state index is 11.4. The topological polar surface area (TPSA) is 29.1 Å². The van der Waals surface area contributed by atoms with Crippen LogP contribution >= 0.6 is 12.6 Å². The first-order chi connectivity index (χ1) is 6.24. The van der Waals surface area contributed by atoms with Crippen LogP contribution in [0.1, 0.15) is 32.1 Å². The Bertz CT molecular complexity index is 209. The molecule has 0 bridgehead atoms. The van der Waals surface area contributed by atoms with E-state index in [0.29, 0.717) is 6.42 Å². The molecule has 0 aromatic rings. The highest BCUT2D eigenvalue weighted by atomic mass is 32.1. The van der Waals surface area contributed by atoms with Crippen LogP contribution in [0, 0.1) is 11.3 Å². The summed E-state index contributed by atoms with van der Waals surface area (Å²) in [4.78, 5) is 11.4. The number of hydrogen-bond acceptors (Lipinski definition) is 2. The molecule has 0 radical (unpaired) electrons. The highest BCUT2D eigenvalue weighted by molar-refractivity contribution is 7.80. The van der Waals surface area contributed by atoms with Crippen LogP contribution in [0.4, 0.5) is 0 Å². The molecule has 0 atom stereocenters. The molecule has 1 amide bonds. The molecule has 2 nitrogen and oxygen atoms in total. The van der Waals surface area contributed by atoms with E-state index in [-0.39, 0.29) is 11.3 Å². The third kappa shape index (κ3) is 2.63. The third-order valence-corrected chi connectivity index (χ3v) is 3.78.